The van der Waals surface area contributed by atoms with E-state index in [4.69, 9.17) is 16.3 Å². The number of hydrogen-bond donors (Lipinski definition) is 0. The minimum Gasteiger partial charge on any atom is -0.469 e. The van der Waals surface area contributed by atoms with Crippen LogP contribution in [0.3, 0.4) is 0 Å². The molecule has 4 atom stereocenters. The molecule has 0 N–H and O–H groups in total. The number of methoxy groups -OCH3 is 1. The number of thiocarbonyl (C=S) groups is 1. The zero-order valence-corrected chi connectivity index (χ0v) is 19.9. The molecule has 0 radical (unpaired) electrons. The van der Waals surface area contributed by atoms with Crippen LogP contribution in [0.5, 0.6) is 0 Å². The minimum absolute atomic E-state index is 0.0839. The number of rotatable bonds is 8. The maximum Gasteiger partial charge on any atom is 0.310 e. The molecular weight excluding hydrogens is 440 g/mol. The second-order valence-electron chi connectivity index (χ2n) is 8.81. The molecule has 0 aliphatic carbocycles. The molecule has 2 fully saturated rings. The molecule has 168 valence electrons. The molecule has 0 spiro atoms. The fourth-order valence-corrected chi connectivity index (χ4v) is 5.82. The molecule has 0 aromatic heterocycles. The van der Waals surface area contributed by atoms with Gasteiger partial charge in [-0.3, -0.25) is 9.69 Å². The molecule has 0 amide bonds. The molecule has 4 nitrogen and oxygen atoms in total. The number of carbonyl (C=O) groups is 1. The highest BCUT2D eigenvalue weighted by Gasteiger charge is 2.50. The number of ether oxygens (including phenoxy) is 1. The SMILES string of the molecule is COC(=O)[C@H]1[C@@H](c2ccc(Cl)cc2)C[C@@H]2CC[C@H]1N2CCCCc1ccc(N=C=S)cc1. The Kier molecular flexibility index (Phi) is 7.75. The quantitative estimate of drug-likeness (QED) is 0.200. The normalized spacial score (nSPS) is 24.7. The highest BCUT2D eigenvalue weighted by atomic mass is 35.5. The minimum atomic E-state index is -0.116. The second kappa shape index (κ2) is 10.7. The Bertz CT molecular complexity index is 972. The maximum absolute atomic E-state index is 12.8. The van der Waals surface area contributed by atoms with Gasteiger partial charge in [-0.05, 0) is 92.7 Å². The van der Waals surface area contributed by atoms with Crippen LogP contribution in [0.4, 0.5) is 5.69 Å². The number of carbonyl (C=O) groups excluding carboxylic acids is 1. The second-order valence-corrected chi connectivity index (χ2v) is 9.42. The van der Waals surface area contributed by atoms with Gasteiger partial charge in [0.25, 0.3) is 0 Å². The van der Waals surface area contributed by atoms with E-state index < -0.39 is 0 Å². The lowest BCUT2D eigenvalue weighted by atomic mass is 9.76. The van der Waals surface area contributed by atoms with Crippen molar-refractivity contribution >= 4 is 40.6 Å². The predicted molar refractivity (Wildman–Crippen MR) is 132 cm³/mol. The Morgan fingerprint density at radius 2 is 1.91 bits per heavy atom. The predicted octanol–water partition coefficient (Wildman–Crippen LogP) is 6.21. The Labute approximate surface area is 200 Å². The van der Waals surface area contributed by atoms with Gasteiger partial charge in [-0.25, -0.2) is 0 Å². The molecule has 2 aliphatic heterocycles. The smallest absolute Gasteiger partial charge is 0.310 e. The van der Waals surface area contributed by atoms with Crippen LogP contribution in [0, 0.1) is 5.92 Å². The first-order valence-electron chi connectivity index (χ1n) is 11.4. The van der Waals surface area contributed by atoms with Crippen LogP contribution in [0.15, 0.2) is 53.5 Å². The molecule has 32 heavy (non-hydrogen) atoms. The lowest BCUT2D eigenvalue weighted by Crippen LogP contribution is -2.51. The Balaban J connectivity index is 1.38. The third-order valence-electron chi connectivity index (χ3n) is 7.08. The van der Waals surface area contributed by atoms with Crippen molar-refractivity contribution in [1.29, 1.82) is 0 Å². The maximum atomic E-state index is 12.8. The van der Waals surface area contributed by atoms with E-state index in [0.29, 0.717) is 6.04 Å². The van der Waals surface area contributed by atoms with Gasteiger partial charge >= 0.3 is 5.97 Å². The fraction of sp³-hybridized carbons (Fsp3) is 0.462. The summed E-state index contributed by atoms with van der Waals surface area (Å²) < 4.78 is 5.26. The molecule has 2 aromatic carbocycles. The first-order chi connectivity index (χ1) is 15.6. The summed E-state index contributed by atoms with van der Waals surface area (Å²) in [6.07, 6.45) is 6.50. The average molecular weight is 469 g/mol. The molecule has 2 aliphatic rings. The summed E-state index contributed by atoms with van der Waals surface area (Å²) in [4.78, 5) is 19.4. The average Bonchev–Trinajstić information content (AvgIpc) is 3.08. The van der Waals surface area contributed by atoms with Crippen LogP contribution in [-0.4, -0.2) is 41.8 Å². The fourth-order valence-electron chi connectivity index (χ4n) is 5.59. The summed E-state index contributed by atoms with van der Waals surface area (Å²) in [5, 5.41) is 3.13. The molecule has 4 rings (SSSR count). The van der Waals surface area contributed by atoms with Gasteiger partial charge in [0.2, 0.25) is 0 Å². The largest absolute Gasteiger partial charge is 0.469 e. The number of fused-ring (bicyclic) bond motifs is 2. The van der Waals surface area contributed by atoms with Crippen molar-refractivity contribution in [3.63, 3.8) is 0 Å². The first-order valence-corrected chi connectivity index (χ1v) is 12.1. The number of hydrogen-bond acceptors (Lipinski definition) is 5. The summed E-state index contributed by atoms with van der Waals surface area (Å²) in [5.74, 6) is -0.00408. The van der Waals surface area contributed by atoms with Crippen LogP contribution in [0.2, 0.25) is 5.02 Å². The van der Waals surface area contributed by atoms with Gasteiger partial charge in [-0.1, -0.05) is 35.9 Å². The van der Waals surface area contributed by atoms with E-state index in [-0.39, 0.29) is 23.8 Å². The number of aliphatic imine (C=N–C) groups is 1. The molecule has 2 bridgehead atoms. The molecule has 6 heteroatoms. The molecule has 2 aromatic rings. The van der Waals surface area contributed by atoms with Crippen molar-refractivity contribution in [3.8, 4) is 0 Å². The number of isothiocyanates is 1. The number of benzene rings is 2. The van der Waals surface area contributed by atoms with Crippen LogP contribution in [0.25, 0.3) is 0 Å². The molecule has 2 saturated heterocycles. The van der Waals surface area contributed by atoms with Gasteiger partial charge in [-0.2, -0.15) is 4.99 Å². The standard InChI is InChI=1S/C26H29ClN2O2S/c1-31-26(30)25-23(19-7-9-20(27)10-8-19)16-22-13-14-24(25)29(22)15-3-2-4-18-5-11-21(12-6-18)28-17-32/h5-12,22-25H,2-4,13-16H2,1H3/t22-,23+,24+,25-/m0/s1. The summed E-state index contributed by atoms with van der Waals surface area (Å²) in [6.45, 7) is 1.03. The lowest BCUT2D eigenvalue weighted by molar-refractivity contribution is -0.150. The van der Waals surface area contributed by atoms with E-state index in [1.165, 1.54) is 18.2 Å². The molecule has 2 heterocycles. The van der Waals surface area contributed by atoms with Gasteiger partial charge in [0.05, 0.1) is 23.9 Å². The van der Waals surface area contributed by atoms with Gasteiger partial charge in [0.15, 0.2) is 0 Å². The number of esters is 1. The van der Waals surface area contributed by atoms with E-state index in [9.17, 15) is 4.79 Å². The number of aryl methyl sites for hydroxylation is 1. The summed E-state index contributed by atoms with van der Waals surface area (Å²) in [7, 11) is 1.51. The first kappa shape index (κ1) is 23.1. The van der Waals surface area contributed by atoms with E-state index >= 15 is 0 Å². The zero-order chi connectivity index (χ0) is 22.5. The Morgan fingerprint density at radius 3 is 2.59 bits per heavy atom. The summed E-state index contributed by atoms with van der Waals surface area (Å²) in [5.41, 5.74) is 3.35. The van der Waals surface area contributed by atoms with Crippen molar-refractivity contribution in [2.75, 3.05) is 13.7 Å². The highest BCUT2D eigenvalue weighted by molar-refractivity contribution is 7.78. The number of unbranched alkanes of at least 4 members (excludes halogenated alkanes) is 1. The third-order valence-corrected chi connectivity index (χ3v) is 7.42. The van der Waals surface area contributed by atoms with Crippen molar-refractivity contribution in [3.05, 3.63) is 64.7 Å². The van der Waals surface area contributed by atoms with Crippen LogP contribution < -0.4 is 0 Å². The number of piperidine rings is 1. The monoisotopic (exact) mass is 468 g/mol. The number of nitrogens with zero attached hydrogens (tertiary/aromatic N) is 2. The Morgan fingerprint density at radius 1 is 1.16 bits per heavy atom. The van der Waals surface area contributed by atoms with Crippen LogP contribution in [0.1, 0.15) is 49.1 Å². The van der Waals surface area contributed by atoms with E-state index in [1.807, 2.05) is 24.3 Å². The number of halogens is 1. The van der Waals surface area contributed by atoms with Crippen molar-refractivity contribution in [1.82, 2.24) is 4.90 Å². The van der Waals surface area contributed by atoms with Gasteiger partial charge in [-0.15, -0.1) is 0 Å². The van der Waals surface area contributed by atoms with E-state index in [2.05, 4.69) is 51.5 Å². The molecule has 0 unspecified atom stereocenters. The third kappa shape index (κ3) is 5.13. The van der Waals surface area contributed by atoms with E-state index in [1.54, 1.807) is 0 Å². The summed E-state index contributed by atoms with van der Waals surface area (Å²) in [6, 6.07) is 17.0. The van der Waals surface area contributed by atoms with E-state index in [0.717, 1.165) is 55.8 Å². The van der Waals surface area contributed by atoms with Crippen LogP contribution >= 0.6 is 23.8 Å². The van der Waals surface area contributed by atoms with Crippen LogP contribution in [-0.2, 0) is 16.0 Å². The summed E-state index contributed by atoms with van der Waals surface area (Å²) >= 11 is 10.8. The van der Waals surface area contributed by atoms with Crippen molar-refractivity contribution in [2.24, 2.45) is 10.9 Å². The zero-order valence-electron chi connectivity index (χ0n) is 18.4. The molecular formula is C26H29ClN2O2S. The lowest BCUT2D eigenvalue weighted by Gasteiger charge is -2.43. The molecule has 0 saturated carbocycles. The van der Waals surface area contributed by atoms with Crippen molar-refractivity contribution < 1.29 is 9.53 Å². The Hall–Kier alpha value is -2.04. The van der Waals surface area contributed by atoms with Gasteiger partial charge < -0.3 is 4.74 Å². The van der Waals surface area contributed by atoms with Gasteiger partial charge in [0, 0.05) is 23.0 Å². The highest BCUT2D eigenvalue weighted by Crippen LogP contribution is 2.47. The topological polar surface area (TPSA) is 41.9 Å². The van der Waals surface area contributed by atoms with Gasteiger partial charge in [0.1, 0.15) is 0 Å². The van der Waals surface area contributed by atoms with Crippen molar-refractivity contribution in [2.45, 2.75) is 56.5 Å².